The number of nitrogens with two attached hydrogens (primary N) is 1. The first kappa shape index (κ1) is 12.0. The fourth-order valence-corrected chi connectivity index (χ4v) is 1.69. The van der Waals surface area contributed by atoms with Crippen molar-refractivity contribution in [3.63, 3.8) is 0 Å². The number of rotatable bonds is 4. The monoisotopic (exact) mass is 211 g/mol. The normalized spacial score (nSPS) is 10.8. The van der Waals surface area contributed by atoms with Crippen LogP contribution < -0.4 is 10.5 Å². The highest BCUT2D eigenvalue weighted by atomic mass is 19.1. The van der Waals surface area contributed by atoms with Crippen LogP contribution >= 0.6 is 0 Å². The third-order valence-corrected chi connectivity index (χ3v) is 2.38. The first-order valence-electron chi connectivity index (χ1n) is 5.16. The lowest BCUT2D eigenvalue weighted by Gasteiger charge is -2.14. The Balaban J connectivity index is 3.18. The van der Waals surface area contributed by atoms with Gasteiger partial charge in [0.05, 0.1) is 7.11 Å². The molecule has 0 heterocycles. The smallest absolute Gasteiger partial charge is 0.130 e. The summed E-state index contributed by atoms with van der Waals surface area (Å²) >= 11 is 0. The van der Waals surface area contributed by atoms with Crippen LogP contribution in [-0.4, -0.2) is 13.7 Å². The molecule has 3 heteroatoms. The molecule has 0 aliphatic rings. The van der Waals surface area contributed by atoms with Crippen LogP contribution in [0.1, 0.15) is 30.9 Å². The van der Waals surface area contributed by atoms with Gasteiger partial charge in [-0.3, -0.25) is 0 Å². The van der Waals surface area contributed by atoms with Gasteiger partial charge in [-0.15, -0.1) is 0 Å². The number of methoxy groups -OCH3 is 1. The predicted octanol–water partition coefficient (Wildman–Crippen LogP) is 2.46. The molecule has 84 valence electrons. The van der Waals surface area contributed by atoms with E-state index in [1.54, 1.807) is 13.2 Å². The first-order chi connectivity index (χ1) is 7.10. The van der Waals surface area contributed by atoms with E-state index in [0.717, 1.165) is 5.56 Å². The lowest BCUT2D eigenvalue weighted by molar-refractivity contribution is 0.401. The minimum atomic E-state index is -0.201. The molecular weight excluding hydrogens is 193 g/mol. The van der Waals surface area contributed by atoms with Gasteiger partial charge in [-0.2, -0.15) is 0 Å². The van der Waals surface area contributed by atoms with Gasteiger partial charge < -0.3 is 10.5 Å². The Bertz CT molecular complexity index is 337. The van der Waals surface area contributed by atoms with Crippen LogP contribution in [0.2, 0.25) is 0 Å². The Hall–Kier alpha value is -1.09. The van der Waals surface area contributed by atoms with Crippen LogP contribution in [0.3, 0.4) is 0 Å². The van der Waals surface area contributed by atoms with Gasteiger partial charge in [0.2, 0.25) is 0 Å². The van der Waals surface area contributed by atoms with E-state index >= 15 is 0 Å². The van der Waals surface area contributed by atoms with Gasteiger partial charge in [0.1, 0.15) is 11.6 Å². The molecule has 2 N–H and O–H groups in total. The summed E-state index contributed by atoms with van der Waals surface area (Å²) in [7, 11) is 1.56. The van der Waals surface area contributed by atoms with Crippen LogP contribution in [0.4, 0.5) is 4.39 Å². The van der Waals surface area contributed by atoms with Gasteiger partial charge in [-0.05, 0) is 36.6 Å². The molecule has 2 nitrogen and oxygen atoms in total. The van der Waals surface area contributed by atoms with E-state index in [1.807, 2.05) is 19.9 Å². The van der Waals surface area contributed by atoms with E-state index in [1.165, 1.54) is 0 Å². The molecule has 0 aliphatic carbocycles. The minimum Gasteiger partial charge on any atom is -0.496 e. The van der Waals surface area contributed by atoms with Crippen molar-refractivity contribution in [1.82, 2.24) is 0 Å². The van der Waals surface area contributed by atoms with Gasteiger partial charge in [-0.25, -0.2) is 4.39 Å². The van der Waals surface area contributed by atoms with Gasteiger partial charge in [-0.1, -0.05) is 13.8 Å². The third kappa shape index (κ3) is 2.69. The Morgan fingerprint density at radius 2 is 2.07 bits per heavy atom. The number of hydrogen-bond acceptors (Lipinski definition) is 2. The van der Waals surface area contributed by atoms with E-state index < -0.39 is 0 Å². The second-order valence-corrected chi connectivity index (χ2v) is 3.89. The van der Waals surface area contributed by atoms with Gasteiger partial charge >= 0.3 is 0 Å². The van der Waals surface area contributed by atoms with Crippen molar-refractivity contribution in [2.24, 2.45) is 5.73 Å². The topological polar surface area (TPSA) is 35.2 Å². The van der Waals surface area contributed by atoms with Crippen LogP contribution in [-0.2, 0) is 6.42 Å². The first-order valence-corrected chi connectivity index (χ1v) is 5.16. The summed E-state index contributed by atoms with van der Waals surface area (Å²) in [5.41, 5.74) is 6.96. The molecule has 0 amide bonds. The molecule has 0 saturated heterocycles. The van der Waals surface area contributed by atoms with Gasteiger partial charge in [0, 0.05) is 5.56 Å². The number of halogens is 1. The molecule has 1 rings (SSSR count). The second-order valence-electron chi connectivity index (χ2n) is 3.89. The van der Waals surface area contributed by atoms with Crippen LogP contribution in [0, 0.1) is 5.82 Å². The average Bonchev–Trinajstić information content (AvgIpc) is 2.16. The number of ether oxygens (including phenoxy) is 1. The summed E-state index contributed by atoms with van der Waals surface area (Å²) in [4.78, 5) is 0. The highest BCUT2D eigenvalue weighted by molar-refractivity contribution is 5.40. The zero-order valence-corrected chi connectivity index (χ0v) is 9.51. The van der Waals surface area contributed by atoms with Crippen molar-refractivity contribution in [1.29, 1.82) is 0 Å². The highest BCUT2D eigenvalue weighted by Crippen LogP contribution is 2.30. The summed E-state index contributed by atoms with van der Waals surface area (Å²) in [6.45, 7) is 4.41. The zero-order valence-electron chi connectivity index (χ0n) is 9.51. The highest BCUT2D eigenvalue weighted by Gasteiger charge is 2.14. The number of hydrogen-bond donors (Lipinski definition) is 1. The molecule has 0 aromatic heterocycles. The average molecular weight is 211 g/mol. The summed E-state index contributed by atoms with van der Waals surface area (Å²) in [6.07, 6.45) is 0.672. The molecule has 0 aliphatic heterocycles. The lowest BCUT2D eigenvalue weighted by Crippen LogP contribution is -2.05. The Labute approximate surface area is 90.2 Å². The van der Waals surface area contributed by atoms with Crippen molar-refractivity contribution in [3.05, 3.63) is 29.1 Å². The van der Waals surface area contributed by atoms with E-state index in [0.29, 0.717) is 24.3 Å². The standard InChI is InChI=1S/C12H18FNO/c1-8(2)12-10(13)6-9(4-5-14)7-11(12)15-3/h6-8H,4-5,14H2,1-3H3. The molecule has 0 unspecified atom stereocenters. The molecule has 0 saturated carbocycles. The van der Waals surface area contributed by atoms with Crippen LogP contribution in [0.15, 0.2) is 12.1 Å². The van der Waals surface area contributed by atoms with Crippen molar-refractivity contribution in [3.8, 4) is 5.75 Å². The second kappa shape index (κ2) is 5.12. The van der Waals surface area contributed by atoms with E-state index in [4.69, 9.17) is 10.5 Å². The fraction of sp³-hybridized carbons (Fsp3) is 0.500. The summed E-state index contributed by atoms with van der Waals surface area (Å²) in [6, 6.07) is 3.41. The number of benzene rings is 1. The van der Waals surface area contributed by atoms with Crippen molar-refractivity contribution in [2.45, 2.75) is 26.2 Å². The lowest BCUT2D eigenvalue weighted by atomic mass is 9.98. The molecule has 1 aromatic carbocycles. The minimum absolute atomic E-state index is 0.117. The molecule has 0 bridgehead atoms. The van der Waals surface area contributed by atoms with E-state index in [9.17, 15) is 4.39 Å². The molecule has 0 spiro atoms. The zero-order chi connectivity index (χ0) is 11.4. The maximum absolute atomic E-state index is 13.8. The van der Waals surface area contributed by atoms with E-state index in [2.05, 4.69) is 0 Å². The van der Waals surface area contributed by atoms with Gasteiger partial charge in [0.25, 0.3) is 0 Å². The summed E-state index contributed by atoms with van der Waals surface area (Å²) < 4.78 is 18.9. The largest absolute Gasteiger partial charge is 0.496 e. The fourth-order valence-electron chi connectivity index (χ4n) is 1.69. The molecule has 15 heavy (non-hydrogen) atoms. The Morgan fingerprint density at radius 1 is 1.40 bits per heavy atom. The Morgan fingerprint density at radius 3 is 2.53 bits per heavy atom. The summed E-state index contributed by atoms with van der Waals surface area (Å²) in [5.74, 6) is 0.535. The summed E-state index contributed by atoms with van der Waals surface area (Å²) in [5, 5.41) is 0. The van der Waals surface area contributed by atoms with Crippen molar-refractivity contribution in [2.75, 3.05) is 13.7 Å². The molecule has 0 fully saturated rings. The van der Waals surface area contributed by atoms with Crippen LogP contribution in [0.25, 0.3) is 0 Å². The maximum Gasteiger partial charge on any atom is 0.130 e. The molecule has 0 atom stereocenters. The van der Waals surface area contributed by atoms with Crippen LogP contribution in [0.5, 0.6) is 5.75 Å². The Kier molecular flexibility index (Phi) is 4.09. The van der Waals surface area contributed by atoms with Crippen molar-refractivity contribution >= 4 is 0 Å². The van der Waals surface area contributed by atoms with Crippen molar-refractivity contribution < 1.29 is 9.13 Å². The molecular formula is C12H18FNO. The van der Waals surface area contributed by atoms with E-state index in [-0.39, 0.29) is 11.7 Å². The quantitative estimate of drug-likeness (QED) is 0.830. The maximum atomic E-state index is 13.8. The predicted molar refractivity (Wildman–Crippen MR) is 59.8 cm³/mol. The molecule has 0 radical (unpaired) electrons. The van der Waals surface area contributed by atoms with Gasteiger partial charge in [0.15, 0.2) is 0 Å². The third-order valence-electron chi connectivity index (χ3n) is 2.38. The SMILES string of the molecule is COc1cc(CCN)cc(F)c1C(C)C. The molecule has 1 aromatic rings.